The number of hydrogen-bond acceptors (Lipinski definition) is 5. The maximum Gasteiger partial charge on any atom is 0.267 e. The summed E-state index contributed by atoms with van der Waals surface area (Å²) in [5.74, 6) is -0.493. The van der Waals surface area contributed by atoms with Crippen LogP contribution in [0.3, 0.4) is 0 Å². The smallest absolute Gasteiger partial charge is 0.221 e. The average molecular weight is 253 g/mol. The van der Waals surface area contributed by atoms with E-state index in [2.05, 4.69) is 15.2 Å². The van der Waals surface area contributed by atoms with Gasteiger partial charge in [0.15, 0.2) is 0 Å². The van der Waals surface area contributed by atoms with Gasteiger partial charge in [0.25, 0.3) is 5.16 Å². The zero-order valence-electron chi connectivity index (χ0n) is 8.83. The molecule has 7 heteroatoms. The molecular formula is C10H8FN3O2S. The molecule has 0 N–H and O–H groups in total. The Morgan fingerprint density at radius 2 is 1.94 bits per heavy atom. The molecular weight excluding hydrogens is 245 g/mol. The topological polar surface area (TPSA) is 72.8 Å². The highest BCUT2D eigenvalue weighted by molar-refractivity contribution is 7.90. The number of benzene rings is 1. The van der Waals surface area contributed by atoms with Crippen molar-refractivity contribution in [3.8, 4) is 11.3 Å². The summed E-state index contributed by atoms with van der Waals surface area (Å²) in [4.78, 5) is 3.77. The molecule has 0 amide bonds. The molecule has 1 aromatic carbocycles. The van der Waals surface area contributed by atoms with Gasteiger partial charge in [-0.2, -0.15) is 5.10 Å². The zero-order chi connectivity index (χ0) is 12.5. The third-order valence-corrected chi connectivity index (χ3v) is 2.86. The minimum absolute atomic E-state index is 0.138. The second-order valence-corrected chi connectivity index (χ2v) is 5.29. The quantitative estimate of drug-likeness (QED) is 0.800. The molecule has 0 saturated carbocycles. The van der Waals surface area contributed by atoms with Crippen molar-refractivity contribution in [1.82, 2.24) is 15.2 Å². The highest BCUT2D eigenvalue weighted by Crippen LogP contribution is 2.19. The Kier molecular flexibility index (Phi) is 2.84. The molecule has 5 nitrogen and oxygen atoms in total. The molecule has 1 aromatic heterocycles. The van der Waals surface area contributed by atoms with E-state index in [9.17, 15) is 12.8 Å². The third-order valence-electron chi connectivity index (χ3n) is 2.02. The summed E-state index contributed by atoms with van der Waals surface area (Å²) in [7, 11) is -3.55. The first-order chi connectivity index (χ1) is 7.98. The van der Waals surface area contributed by atoms with Gasteiger partial charge in [-0.15, -0.1) is 5.10 Å². The maximum absolute atomic E-state index is 13.5. The molecule has 0 bridgehead atoms. The van der Waals surface area contributed by atoms with E-state index in [-0.39, 0.29) is 11.3 Å². The molecule has 0 saturated heterocycles. The number of nitrogens with zero attached hydrogens (tertiary/aromatic N) is 3. The highest BCUT2D eigenvalue weighted by atomic mass is 32.2. The van der Waals surface area contributed by atoms with Crippen molar-refractivity contribution in [3.63, 3.8) is 0 Å². The third kappa shape index (κ3) is 2.44. The Morgan fingerprint density at radius 1 is 1.24 bits per heavy atom. The van der Waals surface area contributed by atoms with Crippen LogP contribution >= 0.6 is 0 Å². The molecule has 0 aliphatic carbocycles. The summed E-state index contributed by atoms with van der Waals surface area (Å²) in [6.07, 6.45) is 2.18. The lowest BCUT2D eigenvalue weighted by Gasteiger charge is -2.02. The monoisotopic (exact) mass is 253 g/mol. The second kappa shape index (κ2) is 4.17. The van der Waals surface area contributed by atoms with Gasteiger partial charge in [0.05, 0.1) is 11.9 Å². The minimum Gasteiger partial charge on any atom is -0.221 e. The van der Waals surface area contributed by atoms with E-state index in [1.807, 2.05) is 0 Å². The van der Waals surface area contributed by atoms with Gasteiger partial charge >= 0.3 is 0 Å². The van der Waals surface area contributed by atoms with Gasteiger partial charge in [0, 0.05) is 11.8 Å². The van der Waals surface area contributed by atoms with E-state index in [4.69, 9.17) is 0 Å². The van der Waals surface area contributed by atoms with Crippen LogP contribution in [0.15, 0.2) is 35.6 Å². The predicted molar refractivity (Wildman–Crippen MR) is 58.3 cm³/mol. The van der Waals surface area contributed by atoms with Crippen LogP contribution in [0.5, 0.6) is 0 Å². The number of hydrogen-bond donors (Lipinski definition) is 0. The van der Waals surface area contributed by atoms with Gasteiger partial charge in [-0.3, -0.25) is 0 Å². The fraction of sp³-hybridized carbons (Fsp3) is 0.100. The molecule has 0 radical (unpaired) electrons. The molecule has 0 atom stereocenters. The number of sulfone groups is 1. The summed E-state index contributed by atoms with van der Waals surface area (Å²) >= 11 is 0. The fourth-order valence-corrected chi connectivity index (χ4v) is 1.70. The molecule has 0 aliphatic heterocycles. The van der Waals surface area contributed by atoms with E-state index in [0.29, 0.717) is 0 Å². The van der Waals surface area contributed by atoms with Crippen LogP contribution in [0.4, 0.5) is 4.39 Å². The van der Waals surface area contributed by atoms with Crippen LogP contribution in [-0.4, -0.2) is 29.9 Å². The van der Waals surface area contributed by atoms with Crippen LogP contribution < -0.4 is 0 Å². The van der Waals surface area contributed by atoms with Crippen LogP contribution in [0, 0.1) is 5.82 Å². The molecule has 2 rings (SSSR count). The Labute approximate surface area is 97.3 Å². The fourth-order valence-electron chi connectivity index (χ4n) is 1.24. The van der Waals surface area contributed by atoms with Gasteiger partial charge in [0.1, 0.15) is 5.82 Å². The van der Waals surface area contributed by atoms with Gasteiger partial charge in [-0.1, -0.05) is 12.1 Å². The molecule has 17 heavy (non-hydrogen) atoms. The molecule has 0 unspecified atom stereocenters. The summed E-state index contributed by atoms with van der Waals surface area (Å²) in [6.45, 7) is 0. The average Bonchev–Trinajstić information content (AvgIpc) is 2.29. The van der Waals surface area contributed by atoms with E-state index < -0.39 is 20.8 Å². The first-order valence-electron chi connectivity index (χ1n) is 4.63. The molecule has 0 aliphatic rings. The van der Waals surface area contributed by atoms with Crippen molar-refractivity contribution in [3.05, 3.63) is 36.3 Å². The Bertz CT molecular complexity index is 658. The lowest BCUT2D eigenvalue weighted by molar-refractivity contribution is 0.588. The van der Waals surface area contributed by atoms with Crippen molar-refractivity contribution in [2.24, 2.45) is 0 Å². The van der Waals surface area contributed by atoms with Crippen LogP contribution in [-0.2, 0) is 9.84 Å². The summed E-state index contributed by atoms with van der Waals surface area (Å²) in [5.41, 5.74) is 0.325. The van der Waals surface area contributed by atoms with Gasteiger partial charge in [0.2, 0.25) is 9.84 Å². The van der Waals surface area contributed by atoms with Crippen molar-refractivity contribution in [2.45, 2.75) is 5.16 Å². The van der Waals surface area contributed by atoms with Crippen molar-refractivity contribution < 1.29 is 12.8 Å². The first kappa shape index (κ1) is 11.6. The number of rotatable bonds is 2. The van der Waals surface area contributed by atoms with Crippen molar-refractivity contribution >= 4 is 9.84 Å². The van der Waals surface area contributed by atoms with E-state index >= 15 is 0 Å². The molecule has 2 aromatic rings. The number of aromatic nitrogens is 3. The van der Waals surface area contributed by atoms with Crippen LogP contribution in [0.1, 0.15) is 0 Å². The van der Waals surface area contributed by atoms with Crippen molar-refractivity contribution in [2.75, 3.05) is 6.26 Å². The number of halogens is 1. The lowest BCUT2D eigenvalue weighted by Crippen LogP contribution is -2.06. The highest BCUT2D eigenvalue weighted by Gasteiger charge is 2.14. The standard InChI is InChI=1S/C10H8FN3O2S/c1-17(15,16)10-13-9(6-12-14-10)7-4-2-3-5-8(7)11/h2-6H,1H3. The van der Waals surface area contributed by atoms with E-state index in [1.165, 1.54) is 24.4 Å². The molecule has 0 fully saturated rings. The summed E-state index contributed by atoms with van der Waals surface area (Å²) < 4.78 is 36.0. The molecule has 1 heterocycles. The predicted octanol–water partition coefficient (Wildman–Crippen LogP) is 1.08. The lowest BCUT2D eigenvalue weighted by atomic mass is 10.1. The van der Waals surface area contributed by atoms with Crippen LogP contribution in [0.2, 0.25) is 0 Å². The Hall–Kier alpha value is -1.89. The van der Waals surface area contributed by atoms with E-state index in [0.717, 1.165) is 6.26 Å². The largest absolute Gasteiger partial charge is 0.267 e. The van der Waals surface area contributed by atoms with Gasteiger partial charge in [-0.05, 0) is 12.1 Å². The second-order valence-electron chi connectivity index (χ2n) is 3.38. The Balaban J connectivity index is 2.59. The first-order valence-corrected chi connectivity index (χ1v) is 6.52. The van der Waals surface area contributed by atoms with Crippen molar-refractivity contribution in [1.29, 1.82) is 0 Å². The minimum atomic E-state index is -3.55. The van der Waals surface area contributed by atoms with Gasteiger partial charge in [-0.25, -0.2) is 17.8 Å². The van der Waals surface area contributed by atoms with Crippen LogP contribution in [0.25, 0.3) is 11.3 Å². The Morgan fingerprint density at radius 3 is 2.59 bits per heavy atom. The van der Waals surface area contributed by atoms with E-state index in [1.54, 1.807) is 6.07 Å². The normalized spacial score (nSPS) is 11.4. The zero-order valence-corrected chi connectivity index (χ0v) is 9.65. The maximum atomic E-state index is 13.5. The SMILES string of the molecule is CS(=O)(=O)c1nncc(-c2ccccc2F)n1. The molecule has 0 spiro atoms. The molecule has 88 valence electrons. The summed E-state index contributed by atoms with van der Waals surface area (Å²) in [6, 6.07) is 5.91. The van der Waals surface area contributed by atoms with Gasteiger partial charge < -0.3 is 0 Å². The summed E-state index contributed by atoms with van der Waals surface area (Å²) in [5, 5.41) is 6.49.